The maximum absolute atomic E-state index is 10.6. The Labute approximate surface area is 142 Å². The highest BCUT2D eigenvalue weighted by molar-refractivity contribution is 5.57. The van der Waals surface area contributed by atoms with Crippen LogP contribution in [-0.4, -0.2) is 42.7 Å². The van der Waals surface area contributed by atoms with Gasteiger partial charge in [0.25, 0.3) is 0 Å². The van der Waals surface area contributed by atoms with Gasteiger partial charge in [-0.3, -0.25) is 0 Å². The standard InChI is InChI=1S/C20H34N2O/c1-4-12-21(13-5-2)15-11-20(23)18-9-10-19-17(16-18)8-7-14-22(19)6-3/h9-10,16,20,23H,4-8,11-15H2,1-3H3. The number of anilines is 1. The molecule has 1 aliphatic heterocycles. The lowest BCUT2D eigenvalue weighted by molar-refractivity contribution is 0.141. The van der Waals surface area contributed by atoms with E-state index < -0.39 is 0 Å². The van der Waals surface area contributed by atoms with Crippen LogP contribution >= 0.6 is 0 Å². The summed E-state index contributed by atoms with van der Waals surface area (Å²) in [7, 11) is 0. The van der Waals surface area contributed by atoms with Gasteiger partial charge in [-0.2, -0.15) is 0 Å². The highest BCUT2D eigenvalue weighted by Gasteiger charge is 2.18. The van der Waals surface area contributed by atoms with Crippen LogP contribution in [0.15, 0.2) is 18.2 Å². The number of hydrogen-bond donors (Lipinski definition) is 1. The monoisotopic (exact) mass is 318 g/mol. The molecule has 0 saturated heterocycles. The van der Waals surface area contributed by atoms with Gasteiger partial charge in [0.2, 0.25) is 0 Å². The molecule has 0 radical (unpaired) electrons. The minimum absolute atomic E-state index is 0.339. The Kier molecular flexibility index (Phi) is 7.38. The summed E-state index contributed by atoms with van der Waals surface area (Å²) in [6.07, 6.45) is 5.22. The van der Waals surface area contributed by atoms with E-state index in [9.17, 15) is 5.11 Å². The van der Waals surface area contributed by atoms with Crippen LogP contribution in [0.1, 0.15) is 63.7 Å². The third-order valence-corrected chi connectivity index (χ3v) is 4.88. The van der Waals surface area contributed by atoms with Crippen molar-refractivity contribution in [3.8, 4) is 0 Å². The lowest BCUT2D eigenvalue weighted by atomic mass is 9.96. The molecule has 0 spiro atoms. The number of hydrogen-bond acceptors (Lipinski definition) is 3. The molecule has 1 aromatic rings. The van der Waals surface area contributed by atoms with E-state index in [1.165, 1.54) is 30.5 Å². The fraction of sp³-hybridized carbons (Fsp3) is 0.700. The maximum atomic E-state index is 10.6. The molecule has 1 aliphatic rings. The van der Waals surface area contributed by atoms with Crippen LogP contribution in [-0.2, 0) is 6.42 Å². The van der Waals surface area contributed by atoms with Crippen LogP contribution < -0.4 is 4.90 Å². The topological polar surface area (TPSA) is 26.7 Å². The summed E-state index contributed by atoms with van der Waals surface area (Å²) in [5.41, 5.74) is 3.87. The number of nitrogens with zero attached hydrogens (tertiary/aromatic N) is 2. The van der Waals surface area contributed by atoms with E-state index in [1.54, 1.807) is 0 Å². The molecule has 0 aliphatic carbocycles. The van der Waals surface area contributed by atoms with Gasteiger partial charge in [-0.1, -0.05) is 26.0 Å². The van der Waals surface area contributed by atoms with Crippen molar-refractivity contribution in [2.45, 2.75) is 59.0 Å². The van der Waals surface area contributed by atoms with Crippen molar-refractivity contribution in [2.75, 3.05) is 37.6 Å². The third-order valence-electron chi connectivity index (χ3n) is 4.88. The van der Waals surface area contributed by atoms with E-state index in [4.69, 9.17) is 0 Å². The molecule has 1 unspecified atom stereocenters. The number of rotatable bonds is 9. The Morgan fingerprint density at radius 2 is 1.87 bits per heavy atom. The molecule has 0 aromatic heterocycles. The van der Waals surface area contributed by atoms with E-state index in [0.717, 1.165) is 51.1 Å². The minimum Gasteiger partial charge on any atom is -0.388 e. The van der Waals surface area contributed by atoms with Crippen molar-refractivity contribution in [1.29, 1.82) is 0 Å². The Morgan fingerprint density at radius 3 is 2.52 bits per heavy atom. The summed E-state index contributed by atoms with van der Waals surface area (Å²) in [5, 5.41) is 10.6. The number of aliphatic hydroxyl groups is 1. The minimum atomic E-state index is -0.339. The van der Waals surface area contributed by atoms with E-state index in [0.29, 0.717) is 0 Å². The Hall–Kier alpha value is -1.06. The number of fused-ring (bicyclic) bond motifs is 1. The van der Waals surface area contributed by atoms with Crippen LogP contribution in [0.5, 0.6) is 0 Å². The molecular weight excluding hydrogens is 284 g/mol. The maximum Gasteiger partial charge on any atom is 0.0802 e. The second-order valence-corrected chi connectivity index (χ2v) is 6.72. The van der Waals surface area contributed by atoms with Gasteiger partial charge in [0.15, 0.2) is 0 Å². The summed E-state index contributed by atoms with van der Waals surface area (Å²) >= 11 is 0. The number of aryl methyl sites for hydroxylation is 1. The van der Waals surface area contributed by atoms with E-state index in [2.05, 4.69) is 48.8 Å². The Bertz CT molecular complexity index is 469. The van der Waals surface area contributed by atoms with Crippen LogP contribution in [0.2, 0.25) is 0 Å². The molecule has 3 heteroatoms. The van der Waals surface area contributed by atoms with Gasteiger partial charge in [-0.05, 0) is 69.3 Å². The average Bonchev–Trinajstić information content (AvgIpc) is 2.58. The van der Waals surface area contributed by atoms with Crippen LogP contribution in [0, 0.1) is 0 Å². The zero-order valence-electron chi connectivity index (χ0n) is 15.2. The number of aliphatic hydroxyl groups excluding tert-OH is 1. The smallest absolute Gasteiger partial charge is 0.0802 e. The normalized spacial score (nSPS) is 15.8. The third kappa shape index (κ3) is 4.95. The first-order valence-electron chi connectivity index (χ1n) is 9.47. The largest absolute Gasteiger partial charge is 0.388 e. The molecule has 130 valence electrons. The fourth-order valence-electron chi connectivity index (χ4n) is 3.67. The first kappa shape index (κ1) is 18.3. The molecule has 0 saturated carbocycles. The lowest BCUT2D eigenvalue weighted by Crippen LogP contribution is -2.29. The second kappa shape index (κ2) is 9.29. The first-order chi connectivity index (χ1) is 11.2. The van der Waals surface area contributed by atoms with Gasteiger partial charge in [0.1, 0.15) is 0 Å². The molecule has 0 bridgehead atoms. The van der Waals surface area contributed by atoms with Crippen LogP contribution in [0.3, 0.4) is 0 Å². The molecule has 1 atom stereocenters. The first-order valence-corrected chi connectivity index (χ1v) is 9.47. The van der Waals surface area contributed by atoms with E-state index in [-0.39, 0.29) is 6.10 Å². The summed E-state index contributed by atoms with van der Waals surface area (Å²) < 4.78 is 0. The summed E-state index contributed by atoms with van der Waals surface area (Å²) in [6.45, 7) is 12.2. The summed E-state index contributed by atoms with van der Waals surface area (Å²) in [5.74, 6) is 0. The quantitative estimate of drug-likeness (QED) is 0.745. The van der Waals surface area contributed by atoms with Gasteiger partial charge < -0.3 is 14.9 Å². The van der Waals surface area contributed by atoms with Gasteiger partial charge in [0.05, 0.1) is 6.10 Å². The van der Waals surface area contributed by atoms with E-state index >= 15 is 0 Å². The highest BCUT2D eigenvalue weighted by atomic mass is 16.3. The van der Waals surface area contributed by atoms with Gasteiger partial charge in [-0.15, -0.1) is 0 Å². The second-order valence-electron chi connectivity index (χ2n) is 6.72. The summed E-state index contributed by atoms with van der Waals surface area (Å²) in [4.78, 5) is 4.92. The molecule has 1 N–H and O–H groups in total. The molecule has 23 heavy (non-hydrogen) atoms. The van der Waals surface area contributed by atoms with Gasteiger partial charge in [0, 0.05) is 25.3 Å². The Balaban J connectivity index is 1.98. The van der Waals surface area contributed by atoms with Crippen molar-refractivity contribution in [1.82, 2.24) is 4.90 Å². The van der Waals surface area contributed by atoms with Crippen molar-refractivity contribution in [2.24, 2.45) is 0 Å². The highest BCUT2D eigenvalue weighted by Crippen LogP contribution is 2.30. The van der Waals surface area contributed by atoms with Gasteiger partial charge in [-0.25, -0.2) is 0 Å². The van der Waals surface area contributed by atoms with Crippen molar-refractivity contribution in [3.63, 3.8) is 0 Å². The molecular formula is C20H34N2O. The molecule has 2 rings (SSSR count). The van der Waals surface area contributed by atoms with Crippen LogP contribution in [0.4, 0.5) is 5.69 Å². The fourth-order valence-corrected chi connectivity index (χ4v) is 3.67. The van der Waals surface area contributed by atoms with Gasteiger partial charge >= 0.3 is 0 Å². The van der Waals surface area contributed by atoms with Crippen molar-refractivity contribution in [3.05, 3.63) is 29.3 Å². The zero-order chi connectivity index (χ0) is 16.7. The molecule has 1 heterocycles. The predicted octanol–water partition coefficient (Wildman–Crippen LogP) is 4.00. The average molecular weight is 319 g/mol. The van der Waals surface area contributed by atoms with Crippen molar-refractivity contribution >= 4 is 5.69 Å². The van der Waals surface area contributed by atoms with Crippen molar-refractivity contribution < 1.29 is 5.11 Å². The SMILES string of the molecule is CCCN(CCC)CCC(O)c1ccc2c(c1)CCCN2CC. The molecule has 0 fully saturated rings. The van der Waals surface area contributed by atoms with Crippen LogP contribution in [0.25, 0.3) is 0 Å². The van der Waals surface area contributed by atoms with E-state index in [1.807, 2.05) is 0 Å². The molecule has 1 aromatic carbocycles. The predicted molar refractivity (Wildman–Crippen MR) is 99.2 cm³/mol. The Morgan fingerprint density at radius 1 is 1.13 bits per heavy atom. The zero-order valence-corrected chi connectivity index (χ0v) is 15.2. The summed E-state index contributed by atoms with van der Waals surface area (Å²) in [6, 6.07) is 6.58. The molecule has 0 amide bonds. The molecule has 3 nitrogen and oxygen atoms in total. The number of benzene rings is 1. The lowest BCUT2D eigenvalue weighted by Gasteiger charge is -2.31.